The molecule has 3 heteroatoms. The smallest absolute Gasteiger partial charge is 0.198 e. The molecule has 0 aliphatic heterocycles. The summed E-state index contributed by atoms with van der Waals surface area (Å²) in [5, 5.41) is 0. The molecule has 0 bridgehead atoms. The van der Waals surface area contributed by atoms with Crippen LogP contribution in [-0.2, 0) is 0 Å². The van der Waals surface area contributed by atoms with E-state index in [-0.39, 0.29) is 0 Å². The summed E-state index contributed by atoms with van der Waals surface area (Å²) in [7, 11) is 0. The lowest BCUT2D eigenvalue weighted by Gasteiger charge is -2.06. The Labute approximate surface area is 116 Å². The van der Waals surface area contributed by atoms with Gasteiger partial charge in [-0.1, -0.05) is 42.6 Å². The molecule has 1 aliphatic carbocycles. The zero-order valence-electron chi connectivity index (χ0n) is 10.9. The first-order valence-electron chi connectivity index (χ1n) is 6.75. The highest BCUT2D eigenvalue weighted by atomic mass is 79.9. The van der Waals surface area contributed by atoms with Crippen LogP contribution >= 0.6 is 15.9 Å². The standard InChI is InChI=1S/C15H18BrNO/c1-9(2)12-7-11(16)8-13-14(12)18-15(17-13)10-5-3-4-6-10/h7-10H,3-6H2,1-2H3. The summed E-state index contributed by atoms with van der Waals surface area (Å²) in [4.78, 5) is 4.70. The van der Waals surface area contributed by atoms with E-state index < -0.39 is 0 Å². The van der Waals surface area contributed by atoms with Gasteiger partial charge in [0.1, 0.15) is 5.52 Å². The van der Waals surface area contributed by atoms with Crippen molar-refractivity contribution in [3.63, 3.8) is 0 Å². The Hall–Kier alpha value is -0.830. The number of nitrogens with zero attached hydrogens (tertiary/aromatic N) is 1. The second kappa shape index (κ2) is 4.69. The molecule has 3 rings (SSSR count). The second-order valence-corrected chi connectivity index (χ2v) is 6.45. The SMILES string of the molecule is CC(C)c1cc(Br)cc2nc(C3CCCC3)oc12. The highest BCUT2D eigenvalue weighted by Crippen LogP contribution is 2.37. The van der Waals surface area contributed by atoms with Gasteiger partial charge in [-0.3, -0.25) is 0 Å². The molecule has 1 aromatic heterocycles. The van der Waals surface area contributed by atoms with E-state index in [0.717, 1.165) is 21.5 Å². The quantitative estimate of drug-likeness (QED) is 0.745. The zero-order valence-corrected chi connectivity index (χ0v) is 12.5. The predicted octanol–water partition coefficient (Wildman–Crippen LogP) is 5.37. The average Bonchev–Trinajstić information content (AvgIpc) is 2.95. The Kier molecular flexibility index (Phi) is 3.18. The van der Waals surface area contributed by atoms with Gasteiger partial charge in [0.15, 0.2) is 11.5 Å². The number of benzene rings is 1. The van der Waals surface area contributed by atoms with Gasteiger partial charge in [0.05, 0.1) is 0 Å². The molecule has 2 nitrogen and oxygen atoms in total. The number of aromatic nitrogens is 1. The summed E-state index contributed by atoms with van der Waals surface area (Å²) in [6.45, 7) is 4.39. The van der Waals surface area contributed by atoms with E-state index in [9.17, 15) is 0 Å². The number of hydrogen-bond donors (Lipinski definition) is 0. The first-order valence-corrected chi connectivity index (χ1v) is 7.54. The third-order valence-corrected chi connectivity index (χ3v) is 4.28. The fourth-order valence-electron chi connectivity index (χ4n) is 2.82. The van der Waals surface area contributed by atoms with Crippen molar-refractivity contribution in [2.45, 2.75) is 51.4 Å². The van der Waals surface area contributed by atoms with Crippen LogP contribution in [-0.4, -0.2) is 4.98 Å². The van der Waals surface area contributed by atoms with Crippen molar-refractivity contribution in [2.75, 3.05) is 0 Å². The highest BCUT2D eigenvalue weighted by molar-refractivity contribution is 9.10. The van der Waals surface area contributed by atoms with Crippen molar-refractivity contribution < 1.29 is 4.42 Å². The van der Waals surface area contributed by atoms with E-state index in [2.05, 4.69) is 41.9 Å². The normalized spacial score (nSPS) is 17.1. The molecule has 96 valence electrons. The summed E-state index contributed by atoms with van der Waals surface area (Å²) in [6, 6.07) is 4.21. The molecule has 0 amide bonds. The first kappa shape index (κ1) is 12.2. The van der Waals surface area contributed by atoms with Gasteiger partial charge in [-0.05, 0) is 30.9 Å². The van der Waals surface area contributed by atoms with Crippen molar-refractivity contribution >= 4 is 27.0 Å². The number of oxazole rings is 1. The summed E-state index contributed by atoms with van der Waals surface area (Å²) in [5.41, 5.74) is 3.22. The van der Waals surface area contributed by atoms with Crippen LogP contribution in [0, 0.1) is 0 Å². The summed E-state index contributed by atoms with van der Waals surface area (Å²) < 4.78 is 7.16. The van der Waals surface area contributed by atoms with Crippen molar-refractivity contribution in [1.29, 1.82) is 0 Å². The Balaban J connectivity index is 2.12. The number of rotatable bonds is 2. The van der Waals surface area contributed by atoms with E-state index >= 15 is 0 Å². The lowest BCUT2D eigenvalue weighted by molar-refractivity contribution is 0.471. The van der Waals surface area contributed by atoms with Crippen LogP contribution in [0.2, 0.25) is 0 Å². The van der Waals surface area contributed by atoms with Gasteiger partial charge < -0.3 is 4.42 Å². The molecular weight excluding hydrogens is 290 g/mol. The molecule has 0 radical (unpaired) electrons. The van der Waals surface area contributed by atoms with Crippen molar-refractivity contribution in [2.24, 2.45) is 0 Å². The Morgan fingerprint density at radius 3 is 2.67 bits per heavy atom. The van der Waals surface area contributed by atoms with E-state index in [0.29, 0.717) is 11.8 Å². The van der Waals surface area contributed by atoms with E-state index in [4.69, 9.17) is 9.40 Å². The van der Waals surface area contributed by atoms with Gasteiger partial charge in [-0.25, -0.2) is 4.98 Å². The Bertz CT molecular complexity index is 567. The minimum absolute atomic E-state index is 0.453. The van der Waals surface area contributed by atoms with Crippen LogP contribution in [0.15, 0.2) is 21.0 Å². The van der Waals surface area contributed by atoms with Crippen LogP contribution in [0.4, 0.5) is 0 Å². The maximum Gasteiger partial charge on any atom is 0.198 e. The Morgan fingerprint density at radius 1 is 1.28 bits per heavy atom. The molecule has 2 aromatic rings. The average molecular weight is 308 g/mol. The monoisotopic (exact) mass is 307 g/mol. The van der Waals surface area contributed by atoms with Crippen LogP contribution in [0.1, 0.15) is 62.8 Å². The largest absolute Gasteiger partial charge is 0.440 e. The van der Waals surface area contributed by atoms with Crippen molar-refractivity contribution in [1.82, 2.24) is 4.98 Å². The van der Waals surface area contributed by atoms with Crippen LogP contribution in [0.5, 0.6) is 0 Å². The van der Waals surface area contributed by atoms with Gasteiger partial charge in [0.2, 0.25) is 0 Å². The van der Waals surface area contributed by atoms with Gasteiger partial charge >= 0.3 is 0 Å². The number of fused-ring (bicyclic) bond motifs is 1. The lowest BCUT2D eigenvalue weighted by Crippen LogP contribution is -1.90. The molecule has 0 spiro atoms. The molecule has 1 saturated carbocycles. The maximum absolute atomic E-state index is 6.07. The molecule has 0 atom stereocenters. The fourth-order valence-corrected chi connectivity index (χ4v) is 3.28. The third kappa shape index (κ3) is 2.09. The van der Waals surface area contributed by atoms with Crippen molar-refractivity contribution in [3.8, 4) is 0 Å². The molecule has 0 unspecified atom stereocenters. The molecule has 0 saturated heterocycles. The summed E-state index contributed by atoms with van der Waals surface area (Å²) in [6.07, 6.45) is 5.07. The second-order valence-electron chi connectivity index (χ2n) is 5.53. The molecule has 1 fully saturated rings. The molecule has 1 aliphatic rings. The predicted molar refractivity (Wildman–Crippen MR) is 77.0 cm³/mol. The first-order chi connectivity index (χ1) is 8.65. The minimum Gasteiger partial charge on any atom is -0.440 e. The van der Waals surface area contributed by atoms with Gasteiger partial charge in [0.25, 0.3) is 0 Å². The van der Waals surface area contributed by atoms with Gasteiger partial charge in [-0.15, -0.1) is 0 Å². The topological polar surface area (TPSA) is 26.0 Å². The van der Waals surface area contributed by atoms with Crippen LogP contribution < -0.4 is 0 Å². The Morgan fingerprint density at radius 2 is 2.00 bits per heavy atom. The lowest BCUT2D eigenvalue weighted by atomic mass is 10.0. The fraction of sp³-hybridized carbons (Fsp3) is 0.533. The minimum atomic E-state index is 0.453. The van der Waals surface area contributed by atoms with E-state index in [1.165, 1.54) is 31.2 Å². The number of hydrogen-bond acceptors (Lipinski definition) is 2. The highest BCUT2D eigenvalue weighted by Gasteiger charge is 2.23. The number of halogens is 1. The van der Waals surface area contributed by atoms with E-state index in [1.54, 1.807) is 0 Å². The summed E-state index contributed by atoms with van der Waals surface area (Å²) >= 11 is 3.56. The van der Waals surface area contributed by atoms with Gasteiger partial charge in [-0.2, -0.15) is 0 Å². The van der Waals surface area contributed by atoms with Gasteiger partial charge in [0, 0.05) is 16.0 Å². The van der Waals surface area contributed by atoms with E-state index in [1.807, 2.05) is 0 Å². The maximum atomic E-state index is 6.07. The van der Waals surface area contributed by atoms with Crippen LogP contribution in [0.3, 0.4) is 0 Å². The molecule has 1 heterocycles. The zero-order chi connectivity index (χ0) is 12.7. The molecule has 18 heavy (non-hydrogen) atoms. The molecular formula is C15H18BrNO. The summed E-state index contributed by atoms with van der Waals surface area (Å²) in [5.74, 6) is 1.94. The molecule has 1 aromatic carbocycles. The van der Waals surface area contributed by atoms with Crippen LogP contribution in [0.25, 0.3) is 11.1 Å². The third-order valence-electron chi connectivity index (χ3n) is 3.83. The van der Waals surface area contributed by atoms with Crippen molar-refractivity contribution in [3.05, 3.63) is 28.1 Å². The molecule has 0 N–H and O–H groups in total.